The zero-order chi connectivity index (χ0) is 22.6. The van der Waals surface area contributed by atoms with Gasteiger partial charge in [-0.05, 0) is 75.2 Å². The normalized spacial score (nSPS) is 15.4. The van der Waals surface area contributed by atoms with Gasteiger partial charge >= 0.3 is 0 Å². The summed E-state index contributed by atoms with van der Waals surface area (Å²) in [6.07, 6.45) is 1.70. The van der Waals surface area contributed by atoms with E-state index in [0.717, 1.165) is 37.4 Å². The smallest absolute Gasteiger partial charge is 0.251 e. The second-order valence-corrected chi connectivity index (χ2v) is 10.1. The van der Waals surface area contributed by atoms with E-state index in [1.165, 1.54) is 16.4 Å². The number of hydrogen-bond donors (Lipinski definition) is 1. The monoisotopic (exact) mass is 445 g/mol. The summed E-state index contributed by atoms with van der Waals surface area (Å²) in [6.45, 7) is 5.35. The van der Waals surface area contributed by atoms with Crippen LogP contribution in [0.4, 0.5) is 5.69 Å². The number of sulfonamides is 1. The lowest BCUT2D eigenvalue weighted by Gasteiger charge is -2.34. The van der Waals surface area contributed by atoms with Gasteiger partial charge in [0.2, 0.25) is 10.0 Å². The van der Waals surface area contributed by atoms with Gasteiger partial charge in [0.1, 0.15) is 5.75 Å². The molecule has 0 saturated carbocycles. The van der Waals surface area contributed by atoms with Crippen LogP contribution in [-0.4, -0.2) is 58.0 Å². The largest absolute Gasteiger partial charge is 0.497 e. The highest BCUT2D eigenvalue weighted by molar-refractivity contribution is 7.89. The lowest BCUT2D eigenvalue weighted by Crippen LogP contribution is -2.44. The fourth-order valence-corrected chi connectivity index (χ4v) is 4.93. The number of anilines is 1. The quantitative estimate of drug-likeness (QED) is 0.708. The highest BCUT2D eigenvalue weighted by Crippen LogP contribution is 2.23. The van der Waals surface area contributed by atoms with E-state index >= 15 is 0 Å². The Bertz CT molecular complexity index is 980. The Kier molecular flexibility index (Phi) is 7.23. The molecule has 0 unspecified atom stereocenters. The summed E-state index contributed by atoms with van der Waals surface area (Å²) in [5.74, 6) is 0.657. The molecule has 1 N–H and O–H groups in total. The third-order valence-corrected chi connectivity index (χ3v) is 7.84. The van der Waals surface area contributed by atoms with Gasteiger partial charge in [-0.25, -0.2) is 8.42 Å². The second kappa shape index (κ2) is 9.70. The Morgan fingerprint density at radius 2 is 1.65 bits per heavy atom. The van der Waals surface area contributed by atoms with E-state index < -0.39 is 10.0 Å². The summed E-state index contributed by atoms with van der Waals surface area (Å²) in [6, 6.07) is 14.1. The third kappa shape index (κ3) is 5.37. The number of methoxy groups -OCH3 is 1. The number of benzene rings is 2. The van der Waals surface area contributed by atoms with Gasteiger partial charge in [-0.3, -0.25) is 4.79 Å². The van der Waals surface area contributed by atoms with Crippen molar-refractivity contribution in [2.24, 2.45) is 0 Å². The van der Waals surface area contributed by atoms with Crippen LogP contribution in [0, 0.1) is 0 Å². The van der Waals surface area contributed by atoms with Crippen LogP contribution in [0.1, 0.15) is 37.0 Å². The van der Waals surface area contributed by atoms with E-state index in [2.05, 4.69) is 10.2 Å². The minimum absolute atomic E-state index is 0.0949. The van der Waals surface area contributed by atoms with Gasteiger partial charge in [0.25, 0.3) is 5.91 Å². The van der Waals surface area contributed by atoms with Crippen LogP contribution in [0.25, 0.3) is 0 Å². The van der Waals surface area contributed by atoms with E-state index in [0.29, 0.717) is 5.56 Å². The number of piperidine rings is 1. The molecule has 0 atom stereocenters. The molecule has 2 aromatic carbocycles. The van der Waals surface area contributed by atoms with E-state index in [1.54, 1.807) is 26.3 Å². The van der Waals surface area contributed by atoms with Gasteiger partial charge in [-0.1, -0.05) is 0 Å². The van der Waals surface area contributed by atoms with Crippen LogP contribution >= 0.6 is 0 Å². The number of amides is 1. The minimum atomic E-state index is -3.56. The van der Waals surface area contributed by atoms with Crippen molar-refractivity contribution >= 4 is 21.6 Å². The van der Waals surface area contributed by atoms with E-state index in [1.807, 2.05) is 38.1 Å². The van der Waals surface area contributed by atoms with Gasteiger partial charge in [0.15, 0.2) is 0 Å². The Balaban J connectivity index is 1.56. The van der Waals surface area contributed by atoms with Crippen molar-refractivity contribution in [3.8, 4) is 5.75 Å². The number of rotatable bonds is 7. The average Bonchev–Trinajstić information content (AvgIpc) is 2.79. The standard InChI is InChI=1S/C23H31N3O4S/c1-17(2)25(3)31(28,29)22-11-5-18(6-12-22)23(27)24-19-13-15-26(16-14-19)20-7-9-21(30-4)10-8-20/h5-12,17,19H,13-16H2,1-4H3,(H,24,27). The molecular weight excluding hydrogens is 414 g/mol. The maximum Gasteiger partial charge on any atom is 0.251 e. The van der Waals surface area contributed by atoms with Crippen LogP contribution in [0.2, 0.25) is 0 Å². The molecule has 2 aromatic rings. The maximum absolute atomic E-state index is 12.6. The second-order valence-electron chi connectivity index (χ2n) is 8.07. The average molecular weight is 446 g/mol. The van der Waals surface area contributed by atoms with E-state index in [9.17, 15) is 13.2 Å². The lowest BCUT2D eigenvalue weighted by molar-refractivity contribution is 0.0931. The summed E-state index contributed by atoms with van der Waals surface area (Å²) in [5.41, 5.74) is 1.61. The predicted octanol–water partition coefficient (Wildman–Crippen LogP) is 3.12. The lowest BCUT2D eigenvalue weighted by atomic mass is 10.0. The van der Waals surface area contributed by atoms with Crippen LogP contribution in [0.15, 0.2) is 53.4 Å². The molecule has 0 aromatic heterocycles. The molecule has 3 rings (SSSR count). The van der Waals surface area contributed by atoms with Crippen molar-refractivity contribution in [3.05, 3.63) is 54.1 Å². The molecule has 1 saturated heterocycles. The molecule has 1 heterocycles. The zero-order valence-corrected chi connectivity index (χ0v) is 19.4. The van der Waals surface area contributed by atoms with Crippen LogP contribution in [-0.2, 0) is 10.0 Å². The number of nitrogens with zero attached hydrogens (tertiary/aromatic N) is 2. The van der Waals surface area contributed by atoms with Crippen molar-refractivity contribution in [1.29, 1.82) is 0 Å². The molecule has 0 bridgehead atoms. The molecule has 8 heteroatoms. The maximum atomic E-state index is 12.6. The van der Waals surface area contributed by atoms with Crippen LogP contribution in [0.5, 0.6) is 5.75 Å². The molecule has 1 amide bonds. The van der Waals surface area contributed by atoms with Crippen molar-refractivity contribution < 1.29 is 17.9 Å². The number of carbonyl (C=O) groups excluding carboxylic acids is 1. The molecule has 0 radical (unpaired) electrons. The first-order valence-electron chi connectivity index (χ1n) is 10.5. The highest BCUT2D eigenvalue weighted by Gasteiger charge is 2.24. The summed E-state index contributed by atoms with van der Waals surface area (Å²) >= 11 is 0. The molecule has 31 heavy (non-hydrogen) atoms. The highest BCUT2D eigenvalue weighted by atomic mass is 32.2. The van der Waals surface area contributed by atoms with E-state index in [-0.39, 0.29) is 22.9 Å². The number of carbonyl (C=O) groups is 1. The third-order valence-electron chi connectivity index (χ3n) is 5.79. The summed E-state index contributed by atoms with van der Waals surface area (Å²) < 4.78 is 31.7. The zero-order valence-electron chi connectivity index (χ0n) is 18.5. The van der Waals surface area contributed by atoms with Crippen molar-refractivity contribution in [2.75, 3.05) is 32.1 Å². The van der Waals surface area contributed by atoms with Gasteiger partial charge in [0, 0.05) is 43.5 Å². The first-order valence-corrected chi connectivity index (χ1v) is 11.9. The Hall–Kier alpha value is -2.58. The summed E-state index contributed by atoms with van der Waals surface area (Å²) in [4.78, 5) is 15.1. The Labute approximate surface area is 185 Å². The van der Waals surface area contributed by atoms with Gasteiger partial charge in [0.05, 0.1) is 12.0 Å². The fourth-order valence-electron chi connectivity index (χ4n) is 3.57. The van der Waals surface area contributed by atoms with Crippen molar-refractivity contribution in [1.82, 2.24) is 9.62 Å². The van der Waals surface area contributed by atoms with Crippen LogP contribution in [0.3, 0.4) is 0 Å². The summed E-state index contributed by atoms with van der Waals surface area (Å²) in [7, 11) is -0.350. The molecule has 1 fully saturated rings. The minimum Gasteiger partial charge on any atom is -0.497 e. The topological polar surface area (TPSA) is 79.0 Å². The van der Waals surface area contributed by atoms with Gasteiger partial charge < -0.3 is 15.0 Å². The number of nitrogens with one attached hydrogen (secondary N) is 1. The fraction of sp³-hybridized carbons (Fsp3) is 0.435. The number of ether oxygens (including phenoxy) is 1. The molecule has 0 aliphatic carbocycles. The first-order chi connectivity index (χ1) is 14.7. The molecule has 7 nitrogen and oxygen atoms in total. The van der Waals surface area contributed by atoms with Gasteiger partial charge in [-0.15, -0.1) is 0 Å². The van der Waals surface area contributed by atoms with Crippen molar-refractivity contribution in [2.45, 2.75) is 43.7 Å². The molecule has 168 valence electrons. The molecule has 0 spiro atoms. The predicted molar refractivity (Wildman–Crippen MR) is 122 cm³/mol. The van der Waals surface area contributed by atoms with Crippen LogP contribution < -0.4 is 15.0 Å². The Morgan fingerprint density at radius 3 is 2.16 bits per heavy atom. The van der Waals surface area contributed by atoms with E-state index in [4.69, 9.17) is 4.74 Å². The SMILES string of the molecule is COc1ccc(N2CCC(NC(=O)c3ccc(S(=O)(=O)N(C)C(C)C)cc3)CC2)cc1. The first kappa shape index (κ1) is 23.1. The number of hydrogen-bond acceptors (Lipinski definition) is 5. The summed E-state index contributed by atoms with van der Waals surface area (Å²) in [5, 5.41) is 3.08. The van der Waals surface area contributed by atoms with Crippen molar-refractivity contribution in [3.63, 3.8) is 0 Å². The Morgan fingerprint density at radius 1 is 1.06 bits per heavy atom. The van der Waals surface area contributed by atoms with Gasteiger partial charge in [-0.2, -0.15) is 4.31 Å². The molecule has 1 aliphatic rings. The molecular formula is C23H31N3O4S. The molecule has 1 aliphatic heterocycles.